The van der Waals surface area contributed by atoms with Gasteiger partial charge in [-0.1, -0.05) is 36.5 Å². The molecule has 2 aromatic carbocycles. The van der Waals surface area contributed by atoms with Crippen LogP contribution in [-0.2, 0) is 0 Å². The Bertz CT molecular complexity index is 698. The van der Waals surface area contributed by atoms with E-state index >= 15 is 0 Å². The van der Waals surface area contributed by atoms with Gasteiger partial charge in [0, 0.05) is 5.39 Å². The van der Waals surface area contributed by atoms with Crippen LogP contribution in [0.1, 0.15) is 5.56 Å². The first-order valence-corrected chi connectivity index (χ1v) is 5.66. The summed E-state index contributed by atoms with van der Waals surface area (Å²) in [5, 5.41) is 20.5. The van der Waals surface area contributed by atoms with E-state index in [0.717, 1.165) is 10.8 Å². The van der Waals surface area contributed by atoms with Crippen LogP contribution >= 0.6 is 12.2 Å². The number of thiocarbonyl (C=S) groups is 1. The molecule has 0 saturated carbocycles. The second kappa shape index (κ2) is 4.86. The minimum atomic E-state index is 0.0464. The number of nitrogens with two attached hydrogens (primary N) is 1. The van der Waals surface area contributed by atoms with Crippen molar-refractivity contribution in [2.75, 3.05) is 0 Å². The smallest absolute Gasteiger partial charge is 0.123 e. The van der Waals surface area contributed by atoms with E-state index in [1.54, 1.807) is 12.1 Å². The Labute approximate surface area is 110 Å². The van der Waals surface area contributed by atoms with Crippen molar-refractivity contribution in [1.82, 2.24) is 0 Å². The first-order valence-electron chi connectivity index (χ1n) is 5.25. The zero-order valence-corrected chi connectivity index (χ0v) is 10.2. The molecule has 0 aliphatic carbocycles. The van der Waals surface area contributed by atoms with Gasteiger partial charge in [-0.25, -0.2) is 0 Å². The van der Waals surface area contributed by atoms with Gasteiger partial charge in [-0.3, -0.25) is 0 Å². The van der Waals surface area contributed by atoms with Gasteiger partial charge in [0.25, 0.3) is 0 Å². The van der Waals surface area contributed by atoms with Gasteiger partial charge in [0.2, 0.25) is 0 Å². The van der Waals surface area contributed by atoms with Crippen LogP contribution in [0.3, 0.4) is 0 Å². The molecule has 4 heteroatoms. The average molecular weight is 254 g/mol. The minimum Gasteiger partial charge on any atom is -0.507 e. The molecule has 0 heterocycles. The van der Waals surface area contributed by atoms with Crippen LogP contribution < -0.4 is 5.73 Å². The van der Waals surface area contributed by atoms with Gasteiger partial charge in [-0.15, -0.1) is 0 Å². The summed E-state index contributed by atoms with van der Waals surface area (Å²) in [6.45, 7) is 0. The minimum absolute atomic E-state index is 0.0464. The Kier molecular flexibility index (Phi) is 3.26. The van der Waals surface area contributed by atoms with E-state index in [2.05, 4.69) is 0 Å². The zero-order valence-electron chi connectivity index (χ0n) is 9.42. The van der Waals surface area contributed by atoms with Gasteiger partial charge >= 0.3 is 0 Å². The Morgan fingerprint density at radius 3 is 2.72 bits per heavy atom. The normalized spacial score (nSPS) is 11.2. The maximum atomic E-state index is 9.90. The Morgan fingerprint density at radius 1 is 1.33 bits per heavy atom. The van der Waals surface area contributed by atoms with Crippen molar-refractivity contribution in [3.63, 3.8) is 0 Å². The van der Waals surface area contributed by atoms with Crippen LogP contribution in [-0.4, -0.2) is 10.1 Å². The molecular formula is C14H10N2OS. The van der Waals surface area contributed by atoms with Crippen molar-refractivity contribution in [3.8, 4) is 11.8 Å². The number of fused-ring (bicyclic) bond motifs is 1. The Morgan fingerprint density at radius 2 is 2.06 bits per heavy atom. The number of hydrogen-bond donors (Lipinski definition) is 2. The van der Waals surface area contributed by atoms with E-state index in [4.69, 9.17) is 23.2 Å². The molecule has 0 aromatic heterocycles. The molecule has 2 rings (SSSR count). The highest BCUT2D eigenvalue weighted by Gasteiger charge is 2.04. The lowest BCUT2D eigenvalue weighted by molar-refractivity contribution is 0.481. The van der Waals surface area contributed by atoms with Gasteiger partial charge in [0.05, 0.1) is 5.57 Å². The highest BCUT2D eigenvalue weighted by atomic mass is 32.1. The van der Waals surface area contributed by atoms with Crippen molar-refractivity contribution in [2.45, 2.75) is 0 Å². The van der Waals surface area contributed by atoms with Gasteiger partial charge in [0.15, 0.2) is 0 Å². The summed E-state index contributed by atoms with van der Waals surface area (Å²) in [6, 6.07) is 12.8. The highest BCUT2D eigenvalue weighted by molar-refractivity contribution is 7.80. The van der Waals surface area contributed by atoms with E-state index in [9.17, 15) is 5.11 Å². The lowest BCUT2D eigenvalue weighted by Gasteiger charge is -2.03. The maximum absolute atomic E-state index is 9.90. The van der Waals surface area contributed by atoms with Gasteiger partial charge in [-0.2, -0.15) is 5.26 Å². The summed E-state index contributed by atoms with van der Waals surface area (Å²) in [7, 11) is 0. The molecule has 0 aliphatic rings. The predicted molar refractivity (Wildman–Crippen MR) is 76.0 cm³/mol. The standard InChI is InChI=1S/C14H10N2OS/c15-8-11(14(16)18)6-9-5-10-3-1-2-4-12(10)13(17)7-9/h1-7,17H,(H2,16,18)/b11-6-. The van der Waals surface area contributed by atoms with Crippen molar-refractivity contribution < 1.29 is 5.11 Å². The SMILES string of the molecule is N#C/C(=C/c1cc(O)c2ccccc2c1)C(N)=S. The molecule has 2 aromatic rings. The van der Waals surface area contributed by atoms with E-state index in [1.807, 2.05) is 36.4 Å². The predicted octanol–water partition coefficient (Wildman–Crippen LogP) is 2.74. The number of aromatic hydroxyl groups is 1. The van der Waals surface area contributed by atoms with Crippen LogP contribution in [0.15, 0.2) is 42.0 Å². The molecule has 0 bridgehead atoms. The quantitative estimate of drug-likeness (QED) is 0.491. The molecule has 0 amide bonds. The molecule has 0 spiro atoms. The van der Waals surface area contributed by atoms with Crippen molar-refractivity contribution in [3.05, 3.63) is 47.5 Å². The summed E-state index contributed by atoms with van der Waals surface area (Å²) >= 11 is 4.77. The Hall–Kier alpha value is -2.38. The van der Waals surface area contributed by atoms with Crippen LogP contribution in [0.25, 0.3) is 16.8 Å². The Balaban J connectivity index is 2.61. The zero-order chi connectivity index (χ0) is 13.1. The van der Waals surface area contributed by atoms with Gasteiger partial charge in [0.1, 0.15) is 16.8 Å². The summed E-state index contributed by atoms with van der Waals surface area (Å²) in [5.41, 5.74) is 6.34. The second-order valence-electron chi connectivity index (χ2n) is 3.80. The fourth-order valence-electron chi connectivity index (χ4n) is 1.72. The molecule has 0 aliphatic heterocycles. The molecular weight excluding hydrogens is 244 g/mol. The lowest BCUT2D eigenvalue weighted by Crippen LogP contribution is -2.09. The molecule has 0 fully saturated rings. The third-order valence-electron chi connectivity index (χ3n) is 2.56. The first kappa shape index (κ1) is 12.1. The highest BCUT2D eigenvalue weighted by Crippen LogP contribution is 2.27. The van der Waals surface area contributed by atoms with Crippen molar-refractivity contribution >= 4 is 34.1 Å². The van der Waals surface area contributed by atoms with Crippen LogP contribution in [0, 0.1) is 11.3 Å². The largest absolute Gasteiger partial charge is 0.507 e. The molecule has 3 nitrogen and oxygen atoms in total. The topological polar surface area (TPSA) is 70.0 Å². The van der Waals surface area contributed by atoms with E-state index in [-0.39, 0.29) is 16.3 Å². The molecule has 0 radical (unpaired) electrons. The summed E-state index contributed by atoms with van der Waals surface area (Å²) in [4.78, 5) is 0.0464. The molecule has 0 unspecified atom stereocenters. The van der Waals surface area contributed by atoms with E-state index in [1.165, 1.54) is 0 Å². The fourth-order valence-corrected chi connectivity index (χ4v) is 1.83. The fraction of sp³-hybridized carbons (Fsp3) is 0. The lowest BCUT2D eigenvalue weighted by atomic mass is 10.0. The maximum Gasteiger partial charge on any atom is 0.123 e. The van der Waals surface area contributed by atoms with Crippen molar-refractivity contribution in [1.29, 1.82) is 5.26 Å². The number of hydrogen-bond acceptors (Lipinski definition) is 3. The monoisotopic (exact) mass is 254 g/mol. The molecule has 18 heavy (non-hydrogen) atoms. The van der Waals surface area contributed by atoms with Crippen LogP contribution in [0.4, 0.5) is 0 Å². The number of phenols is 1. The molecule has 0 saturated heterocycles. The van der Waals surface area contributed by atoms with Crippen molar-refractivity contribution in [2.24, 2.45) is 5.73 Å². The average Bonchev–Trinajstić information content (AvgIpc) is 2.35. The van der Waals surface area contributed by atoms with E-state index in [0.29, 0.717) is 5.56 Å². The van der Waals surface area contributed by atoms with Crippen LogP contribution in [0.2, 0.25) is 0 Å². The number of phenolic OH excluding ortho intramolecular Hbond substituents is 1. The second-order valence-corrected chi connectivity index (χ2v) is 4.24. The number of nitriles is 1. The van der Waals surface area contributed by atoms with Gasteiger partial charge in [-0.05, 0) is 29.2 Å². The third-order valence-corrected chi connectivity index (χ3v) is 2.78. The number of rotatable bonds is 2. The van der Waals surface area contributed by atoms with E-state index < -0.39 is 0 Å². The van der Waals surface area contributed by atoms with Gasteiger partial charge < -0.3 is 10.8 Å². The van der Waals surface area contributed by atoms with Crippen LogP contribution in [0.5, 0.6) is 5.75 Å². The summed E-state index contributed by atoms with van der Waals surface area (Å²) < 4.78 is 0. The summed E-state index contributed by atoms with van der Waals surface area (Å²) in [5.74, 6) is 0.166. The molecule has 0 atom stereocenters. The summed E-state index contributed by atoms with van der Waals surface area (Å²) in [6.07, 6.45) is 1.56. The molecule has 88 valence electrons. The number of benzene rings is 2. The molecule has 3 N–H and O–H groups in total. The third kappa shape index (κ3) is 2.31. The number of nitrogens with zero attached hydrogens (tertiary/aromatic N) is 1. The first-order chi connectivity index (χ1) is 8.61.